The van der Waals surface area contributed by atoms with Crippen LogP contribution in [0.3, 0.4) is 0 Å². The molecule has 0 saturated heterocycles. The number of ether oxygens (including phenoxy) is 1. The highest BCUT2D eigenvalue weighted by Crippen LogP contribution is 2.64. The van der Waals surface area contributed by atoms with Gasteiger partial charge in [-0.05, 0) is 62.5 Å². The minimum absolute atomic E-state index is 0.267. The van der Waals surface area contributed by atoms with Crippen LogP contribution in [0.2, 0.25) is 10.0 Å². The van der Waals surface area contributed by atoms with E-state index in [0.29, 0.717) is 34.0 Å². The van der Waals surface area contributed by atoms with Gasteiger partial charge in [0, 0.05) is 4.87 Å². The summed E-state index contributed by atoms with van der Waals surface area (Å²) in [6.45, 7) is -0.354. The van der Waals surface area contributed by atoms with Crippen LogP contribution >= 0.6 is 34.8 Å². The summed E-state index contributed by atoms with van der Waals surface area (Å²) in [7, 11) is 0. The Morgan fingerprint density at radius 3 is 2.31 bits per heavy atom. The molecule has 4 aliphatic carbocycles. The van der Waals surface area contributed by atoms with Crippen LogP contribution in [0.4, 0.5) is 5.69 Å². The van der Waals surface area contributed by atoms with E-state index in [1.807, 2.05) is 0 Å². The zero-order valence-corrected chi connectivity index (χ0v) is 16.5. The molecule has 4 fully saturated rings. The average molecular weight is 417 g/mol. The monoisotopic (exact) mass is 415 g/mol. The molecule has 26 heavy (non-hydrogen) atoms. The number of esters is 1. The van der Waals surface area contributed by atoms with Crippen molar-refractivity contribution >= 4 is 52.4 Å². The number of alkyl halides is 1. The highest BCUT2D eigenvalue weighted by atomic mass is 35.5. The summed E-state index contributed by atoms with van der Waals surface area (Å²) in [5.41, 5.74) is -0.194. The third-order valence-electron chi connectivity index (χ3n) is 5.98. The van der Waals surface area contributed by atoms with Crippen molar-refractivity contribution in [3.63, 3.8) is 0 Å². The molecule has 4 saturated carbocycles. The van der Waals surface area contributed by atoms with Gasteiger partial charge in [0.2, 0.25) is 0 Å². The smallest absolute Gasteiger partial charge is 0.312 e. The minimum Gasteiger partial charge on any atom is -0.455 e. The van der Waals surface area contributed by atoms with Crippen molar-refractivity contribution in [1.29, 1.82) is 0 Å². The summed E-state index contributed by atoms with van der Waals surface area (Å²) < 4.78 is 5.39. The number of amides is 1. The van der Waals surface area contributed by atoms with E-state index in [9.17, 15) is 9.59 Å². The Kier molecular flexibility index (Phi) is 4.65. The van der Waals surface area contributed by atoms with Crippen molar-refractivity contribution in [2.45, 2.75) is 43.4 Å². The molecule has 140 valence electrons. The quantitative estimate of drug-likeness (QED) is 0.552. The molecule has 2 unspecified atom stereocenters. The summed E-state index contributed by atoms with van der Waals surface area (Å²) in [5, 5.41) is 3.28. The molecule has 4 aliphatic rings. The van der Waals surface area contributed by atoms with E-state index in [-0.39, 0.29) is 17.5 Å². The molecule has 0 radical (unpaired) electrons. The molecule has 0 heterocycles. The number of para-hydroxylation sites is 1. The normalized spacial score (nSPS) is 34.6. The SMILES string of the molecule is O=C(COC(=O)C12CC3CC(CC(Cl)(C3)C1)C2)Nc1c(Cl)cccc1Cl. The molecular formula is C19H20Cl3NO3. The molecule has 5 rings (SSSR count). The van der Waals surface area contributed by atoms with Crippen LogP contribution < -0.4 is 5.32 Å². The largest absolute Gasteiger partial charge is 0.455 e. The van der Waals surface area contributed by atoms with Gasteiger partial charge in [-0.3, -0.25) is 9.59 Å². The third kappa shape index (κ3) is 3.32. The molecule has 0 aromatic heterocycles. The second-order valence-corrected chi connectivity index (χ2v) is 9.73. The second kappa shape index (κ2) is 6.57. The predicted molar refractivity (Wildman–Crippen MR) is 102 cm³/mol. The molecule has 1 amide bonds. The van der Waals surface area contributed by atoms with Crippen LogP contribution in [0, 0.1) is 17.3 Å². The Bertz CT molecular complexity index is 732. The lowest BCUT2D eigenvalue weighted by molar-refractivity contribution is -0.171. The van der Waals surface area contributed by atoms with Gasteiger partial charge < -0.3 is 10.1 Å². The van der Waals surface area contributed by atoms with Gasteiger partial charge in [0.15, 0.2) is 6.61 Å². The number of halogens is 3. The van der Waals surface area contributed by atoms with Crippen LogP contribution in [0.5, 0.6) is 0 Å². The average Bonchev–Trinajstić information content (AvgIpc) is 2.54. The lowest BCUT2D eigenvalue weighted by atomic mass is 9.49. The number of anilines is 1. The maximum Gasteiger partial charge on any atom is 0.312 e. The topological polar surface area (TPSA) is 55.4 Å². The molecule has 1 aromatic carbocycles. The van der Waals surface area contributed by atoms with Gasteiger partial charge in [-0.15, -0.1) is 11.6 Å². The summed E-state index contributed by atoms with van der Waals surface area (Å²) >= 11 is 18.8. The maximum atomic E-state index is 12.8. The van der Waals surface area contributed by atoms with Crippen LogP contribution in [0.15, 0.2) is 18.2 Å². The van der Waals surface area contributed by atoms with Crippen molar-refractivity contribution < 1.29 is 14.3 Å². The van der Waals surface area contributed by atoms with Crippen molar-refractivity contribution in [2.24, 2.45) is 17.3 Å². The number of rotatable bonds is 4. The Morgan fingerprint density at radius 2 is 1.73 bits per heavy atom. The number of carbonyl (C=O) groups excluding carboxylic acids is 2. The molecule has 4 bridgehead atoms. The van der Waals surface area contributed by atoms with Gasteiger partial charge in [0.1, 0.15) is 0 Å². The molecule has 0 spiro atoms. The van der Waals surface area contributed by atoms with Crippen LogP contribution in [-0.2, 0) is 14.3 Å². The Balaban J connectivity index is 1.39. The van der Waals surface area contributed by atoms with Gasteiger partial charge in [-0.2, -0.15) is 0 Å². The molecular weight excluding hydrogens is 397 g/mol. The maximum absolute atomic E-state index is 12.8. The Labute approximate surface area is 167 Å². The van der Waals surface area contributed by atoms with E-state index in [1.165, 1.54) is 0 Å². The van der Waals surface area contributed by atoms with E-state index in [0.717, 1.165) is 32.1 Å². The second-order valence-electron chi connectivity index (χ2n) is 8.11. The van der Waals surface area contributed by atoms with Crippen LogP contribution in [0.25, 0.3) is 0 Å². The number of nitrogens with one attached hydrogen (secondary N) is 1. The predicted octanol–water partition coefficient (Wildman–Crippen LogP) is 5.05. The number of benzene rings is 1. The zero-order valence-electron chi connectivity index (χ0n) is 14.2. The van der Waals surface area contributed by atoms with Gasteiger partial charge in [-0.25, -0.2) is 0 Å². The Morgan fingerprint density at radius 1 is 1.12 bits per heavy atom. The zero-order chi connectivity index (χ0) is 18.5. The fourth-order valence-corrected chi connectivity index (χ4v) is 6.65. The number of carbonyl (C=O) groups is 2. The summed E-state index contributed by atoms with van der Waals surface area (Å²) in [5.74, 6) is 0.241. The van der Waals surface area contributed by atoms with Crippen molar-refractivity contribution in [3.05, 3.63) is 28.2 Å². The van der Waals surface area contributed by atoms with Gasteiger partial charge >= 0.3 is 5.97 Å². The van der Waals surface area contributed by atoms with Crippen molar-refractivity contribution in [3.8, 4) is 0 Å². The molecule has 0 aliphatic heterocycles. The van der Waals surface area contributed by atoms with E-state index in [2.05, 4.69) is 5.32 Å². The van der Waals surface area contributed by atoms with E-state index in [1.54, 1.807) is 18.2 Å². The molecule has 2 atom stereocenters. The fraction of sp³-hybridized carbons (Fsp3) is 0.579. The minimum atomic E-state index is -0.520. The highest BCUT2D eigenvalue weighted by molar-refractivity contribution is 6.39. The fourth-order valence-electron chi connectivity index (χ4n) is 5.47. The van der Waals surface area contributed by atoms with Gasteiger partial charge in [-0.1, -0.05) is 29.3 Å². The Hall–Kier alpha value is -0.970. The van der Waals surface area contributed by atoms with E-state index in [4.69, 9.17) is 39.5 Å². The highest BCUT2D eigenvalue weighted by Gasteiger charge is 2.60. The first-order valence-corrected chi connectivity index (χ1v) is 10.0. The molecule has 7 heteroatoms. The van der Waals surface area contributed by atoms with E-state index < -0.39 is 11.3 Å². The van der Waals surface area contributed by atoms with Crippen LogP contribution in [0.1, 0.15) is 38.5 Å². The van der Waals surface area contributed by atoms with Gasteiger partial charge in [0.05, 0.1) is 21.1 Å². The summed E-state index contributed by atoms with van der Waals surface area (Å²) in [6, 6.07) is 4.95. The first-order valence-electron chi connectivity index (χ1n) is 8.89. The van der Waals surface area contributed by atoms with Crippen molar-refractivity contribution in [2.75, 3.05) is 11.9 Å². The van der Waals surface area contributed by atoms with Crippen LogP contribution in [-0.4, -0.2) is 23.4 Å². The van der Waals surface area contributed by atoms with E-state index >= 15 is 0 Å². The molecule has 1 N–H and O–H groups in total. The molecule has 1 aromatic rings. The third-order valence-corrected chi connectivity index (χ3v) is 7.06. The summed E-state index contributed by atoms with van der Waals surface area (Å²) in [6.07, 6.45) is 5.46. The summed E-state index contributed by atoms with van der Waals surface area (Å²) in [4.78, 5) is 24.7. The van der Waals surface area contributed by atoms with Crippen molar-refractivity contribution in [1.82, 2.24) is 0 Å². The molecule has 4 nitrogen and oxygen atoms in total. The number of hydrogen-bond donors (Lipinski definition) is 1. The lowest BCUT2D eigenvalue weighted by Crippen LogP contribution is -2.56. The number of hydrogen-bond acceptors (Lipinski definition) is 3. The standard InChI is InChI=1S/C19H20Cl3NO3/c20-13-2-1-3-14(21)16(13)23-15(24)9-26-17(25)18-5-11-4-12(6-18)8-19(22,7-11)10-18/h1-3,11-12H,4-10H2,(H,23,24). The first kappa shape index (κ1) is 18.4. The lowest BCUT2D eigenvalue weighted by Gasteiger charge is -2.58. The first-order chi connectivity index (χ1) is 12.3. The van der Waals surface area contributed by atoms with Gasteiger partial charge in [0.25, 0.3) is 5.91 Å².